The highest BCUT2D eigenvalue weighted by molar-refractivity contribution is 5.94. The number of H-pyrrole nitrogens is 2. The highest BCUT2D eigenvalue weighted by Gasteiger charge is 2.27. The molecule has 6 heterocycles. The fourth-order valence-corrected chi connectivity index (χ4v) is 7.96. The number of amides is 1. The molecule has 51 heavy (non-hydrogen) atoms. The average molecular weight is 693 g/mol. The van der Waals surface area contributed by atoms with Crippen molar-refractivity contribution in [1.29, 1.82) is 0 Å². The van der Waals surface area contributed by atoms with E-state index < -0.39 is 5.82 Å². The number of hydrogen-bond acceptors (Lipinski definition) is 9. The average Bonchev–Trinajstić information content (AvgIpc) is 3.60. The van der Waals surface area contributed by atoms with E-state index in [0.717, 1.165) is 77.4 Å². The molecule has 266 valence electrons. The van der Waals surface area contributed by atoms with E-state index in [0.29, 0.717) is 55.6 Å². The van der Waals surface area contributed by atoms with Crippen molar-refractivity contribution in [3.05, 3.63) is 71.2 Å². The number of likely N-dealkylation sites (tertiary alicyclic amines) is 1. The lowest BCUT2D eigenvalue weighted by Crippen LogP contribution is -2.45. The molecule has 3 N–H and O–H groups in total. The molecule has 2 aromatic carbocycles. The number of hydrogen-bond donors (Lipinski definition) is 3. The number of anilines is 1. The zero-order valence-electron chi connectivity index (χ0n) is 29.3. The number of carbonyl (C=O) groups excluding carboxylic acids is 1. The Hall–Kier alpha value is -4.88. The van der Waals surface area contributed by atoms with E-state index >= 15 is 0 Å². The van der Waals surface area contributed by atoms with Gasteiger partial charge in [0.05, 0.1) is 23.6 Å². The zero-order chi connectivity index (χ0) is 35.1. The van der Waals surface area contributed by atoms with Crippen molar-refractivity contribution in [2.24, 2.45) is 0 Å². The lowest BCUT2D eigenvalue weighted by atomic mass is 9.96. The van der Waals surface area contributed by atoms with Crippen LogP contribution in [0.5, 0.6) is 5.75 Å². The lowest BCUT2D eigenvalue weighted by molar-refractivity contribution is 0.0756. The standard InChI is InChI=1S/C38H45FN10O2/c1-3-24-20-34(50)29(39)21-28(24)25-5-6-27-32(19-25)44-45-36(27)37-42-30-9-15-49(16-10-31(30)43-37)38(51)33-22-41-35(23-40-33)48-12-4-11-47(17-18-48)26-7-13-46(2)14-8-26/h5-6,19-23,26,50H,3-4,7-18H2,1-2H3,(H,42,43)(H,44,45). The van der Waals surface area contributed by atoms with Gasteiger partial charge < -0.3 is 24.8 Å². The molecule has 8 rings (SSSR count). The molecule has 2 saturated heterocycles. The van der Waals surface area contributed by atoms with Gasteiger partial charge in [0.1, 0.15) is 17.2 Å². The number of nitrogens with one attached hydrogen (secondary N) is 2. The molecule has 0 aliphatic carbocycles. The molecule has 12 nitrogen and oxygen atoms in total. The first-order chi connectivity index (χ1) is 24.8. The number of carbonyl (C=O) groups is 1. The smallest absolute Gasteiger partial charge is 0.274 e. The van der Waals surface area contributed by atoms with E-state index in [4.69, 9.17) is 9.97 Å². The van der Waals surface area contributed by atoms with E-state index in [1.165, 1.54) is 38.1 Å². The first kappa shape index (κ1) is 33.3. The summed E-state index contributed by atoms with van der Waals surface area (Å²) >= 11 is 0. The number of aromatic nitrogens is 6. The van der Waals surface area contributed by atoms with Crippen molar-refractivity contribution in [2.75, 3.05) is 64.3 Å². The van der Waals surface area contributed by atoms with Crippen molar-refractivity contribution in [1.82, 2.24) is 44.8 Å². The number of imidazole rings is 1. The van der Waals surface area contributed by atoms with Crippen LogP contribution in [-0.4, -0.2) is 121 Å². The number of phenols is 1. The molecular formula is C38H45FN10O2. The van der Waals surface area contributed by atoms with E-state index in [1.807, 2.05) is 30.0 Å². The Labute approximate surface area is 296 Å². The summed E-state index contributed by atoms with van der Waals surface area (Å²) in [5.41, 5.74) is 6.24. The number of benzene rings is 2. The largest absolute Gasteiger partial charge is 0.505 e. The van der Waals surface area contributed by atoms with Crippen LogP contribution in [0, 0.1) is 5.82 Å². The Bertz CT molecular complexity index is 2010. The molecule has 2 fully saturated rings. The summed E-state index contributed by atoms with van der Waals surface area (Å²) in [6.45, 7) is 9.41. The van der Waals surface area contributed by atoms with Gasteiger partial charge in [0.25, 0.3) is 5.91 Å². The van der Waals surface area contributed by atoms with Crippen molar-refractivity contribution in [3.63, 3.8) is 0 Å². The predicted molar refractivity (Wildman–Crippen MR) is 194 cm³/mol. The third-order valence-corrected chi connectivity index (χ3v) is 11.0. The number of fused-ring (bicyclic) bond motifs is 2. The highest BCUT2D eigenvalue weighted by Crippen LogP contribution is 2.34. The van der Waals surface area contributed by atoms with Crippen LogP contribution in [0.3, 0.4) is 0 Å². The first-order valence-corrected chi connectivity index (χ1v) is 18.2. The van der Waals surface area contributed by atoms with Crippen LogP contribution in [0.2, 0.25) is 0 Å². The first-order valence-electron chi connectivity index (χ1n) is 18.2. The Morgan fingerprint density at radius 3 is 2.63 bits per heavy atom. The molecule has 0 bridgehead atoms. The maximum Gasteiger partial charge on any atom is 0.274 e. The van der Waals surface area contributed by atoms with Crippen molar-refractivity contribution < 1.29 is 14.3 Å². The Kier molecular flexibility index (Phi) is 9.15. The van der Waals surface area contributed by atoms with Gasteiger partial charge in [-0.2, -0.15) is 5.10 Å². The predicted octanol–water partition coefficient (Wildman–Crippen LogP) is 4.66. The minimum Gasteiger partial charge on any atom is -0.505 e. The van der Waals surface area contributed by atoms with Crippen molar-refractivity contribution in [2.45, 2.75) is 51.5 Å². The fraction of sp³-hybridized carbons (Fsp3) is 0.447. The summed E-state index contributed by atoms with van der Waals surface area (Å²) in [4.78, 5) is 40.4. The normalized spacial score (nSPS) is 18.2. The quantitative estimate of drug-likeness (QED) is 0.232. The topological polar surface area (TPSA) is 133 Å². The van der Waals surface area contributed by atoms with Gasteiger partial charge in [-0.1, -0.05) is 13.0 Å². The molecule has 3 aliphatic rings. The van der Waals surface area contributed by atoms with Gasteiger partial charge in [-0.3, -0.25) is 14.8 Å². The summed E-state index contributed by atoms with van der Waals surface area (Å²) in [6.07, 6.45) is 8.88. The lowest BCUT2D eigenvalue weighted by Gasteiger charge is -2.36. The number of aromatic amines is 2. The highest BCUT2D eigenvalue weighted by atomic mass is 19.1. The molecule has 0 atom stereocenters. The van der Waals surface area contributed by atoms with E-state index in [1.54, 1.807) is 12.4 Å². The van der Waals surface area contributed by atoms with E-state index in [2.05, 4.69) is 41.9 Å². The van der Waals surface area contributed by atoms with Gasteiger partial charge in [-0.15, -0.1) is 0 Å². The summed E-state index contributed by atoms with van der Waals surface area (Å²) < 4.78 is 14.3. The monoisotopic (exact) mass is 692 g/mol. The molecule has 3 aliphatic heterocycles. The number of rotatable bonds is 6. The SMILES string of the molecule is CCc1cc(O)c(F)cc1-c1ccc2c(-c3nc4c([nH]3)CCN(C(=O)c3cnc(N5CCCN(C6CCN(C)CC6)CC5)cn3)CC4)n[nH]c2c1. The second-order valence-corrected chi connectivity index (χ2v) is 14.1. The molecule has 1 amide bonds. The fourth-order valence-electron chi connectivity index (χ4n) is 7.96. The number of piperidine rings is 1. The maximum absolute atomic E-state index is 14.3. The van der Waals surface area contributed by atoms with Gasteiger partial charge in [-0.05, 0) is 86.8 Å². The van der Waals surface area contributed by atoms with Crippen LogP contribution in [0.25, 0.3) is 33.5 Å². The van der Waals surface area contributed by atoms with Gasteiger partial charge >= 0.3 is 0 Å². The van der Waals surface area contributed by atoms with Gasteiger partial charge in [0, 0.05) is 69.2 Å². The Morgan fingerprint density at radius 1 is 0.980 bits per heavy atom. The van der Waals surface area contributed by atoms with Gasteiger partial charge in [0.15, 0.2) is 17.4 Å². The maximum atomic E-state index is 14.3. The molecule has 0 saturated carbocycles. The van der Waals surface area contributed by atoms with E-state index in [-0.39, 0.29) is 11.7 Å². The van der Waals surface area contributed by atoms with E-state index in [9.17, 15) is 14.3 Å². The molecular weight excluding hydrogens is 647 g/mol. The minimum absolute atomic E-state index is 0.113. The van der Waals surface area contributed by atoms with Crippen LogP contribution in [0.1, 0.15) is 53.6 Å². The summed E-state index contributed by atoms with van der Waals surface area (Å²) in [7, 11) is 2.21. The molecule has 0 spiro atoms. The van der Waals surface area contributed by atoms with Crippen LogP contribution in [-0.2, 0) is 19.3 Å². The number of aryl methyl sites for hydroxylation is 1. The second kappa shape index (κ2) is 14.0. The number of halogens is 1. The van der Waals surface area contributed by atoms with Gasteiger partial charge in [0.2, 0.25) is 0 Å². The molecule has 5 aromatic rings. The molecule has 13 heteroatoms. The molecule has 3 aromatic heterocycles. The van der Waals surface area contributed by atoms with Crippen molar-refractivity contribution in [3.8, 4) is 28.4 Å². The molecule has 0 unspecified atom stereocenters. The second-order valence-electron chi connectivity index (χ2n) is 14.1. The Morgan fingerprint density at radius 2 is 1.82 bits per heavy atom. The zero-order valence-corrected chi connectivity index (χ0v) is 29.3. The third kappa shape index (κ3) is 6.67. The number of aromatic hydroxyl groups is 1. The summed E-state index contributed by atoms with van der Waals surface area (Å²) in [5.74, 6) is 0.409. The molecule has 0 radical (unpaired) electrons. The summed E-state index contributed by atoms with van der Waals surface area (Å²) in [6, 6.07) is 9.39. The van der Waals surface area contributed by atoms with Crippen LogP contribution in [0.4, 0.5) is 10.2 Å². The van der Waals surface area contributed by atoms with Crippen LogP contribution < -0.4 is 4.90 Å². The van der Waals surface area contributed by atoms with Crippen LogP contribution in [0.15, 0.2) is 42.7 Å². The number of nitrogens with zero attached hydrogens (tertiary/aromatic N) is 8. The van der Waals surface area contributed by atoms with Gasteiger partial charge in [-0.25, -0.2) is 19.3 Å². The third-order valence-electron chi connectivity index (χ3n) is 11.0. The van der Waals surface area contributed by atoms with Crippen molar-refractivity contribution >= 4 is 22.6 Å². The minimum atomic E-state index is -0.645. The number of phenolic OH excluding ortho intramolecular Hbond substituents is 1. The van der Waals surface area contributed by atoms with Crippen LogP contribution >= 0.6 is 0 Å². The Balaban J connectivity index is 0.904. The summed E-state index contributed by atoms with van der Waals surface area (Å²) in [5, 5.41) is 18.4.